The van der Waals surface area contributed by atoms with Gasteiger partial charge in [0.05, 0.1) is 26.2 Å². The van der Waals surface area contributed by atoms with Gasteiger partial charge in [0.1, 0.15) is 0 Å². The third kappa shape index (κ3) is 4.95. The van der Waals surface area contributed by atoms with E-state index in [1.165, 1.54) is 4.90 Å². The second kappa shape index (κ2) is 8.82. The van der Waals surface area contributed by atoms with Gasteiger partial charge in [-0.15, -0.1) is 0 Å². The van der Waals surface area contributed by atoms with E-state index in [-0.39, 0.29) is 11.8 Å². The van der Waals surface area contributed by atoms with E-state index < -0.39 is 0 Å². The molecule has 5 heteroatoms. The molecule has 0 aromatic heterocycles. The van der Waals surface area contributed by atoms with Gasteiger partial charge in [-0.25, -0.2) is 0 Å². The number of rotatable bonds is 5. The molecule has 1 heterocycles. The number of benzene rings is 2. The molecule has 3 rings (SSSR count). The number of amides is 2. The molecule has 0 saturated carbocycles. The zero-order valence-corrected chi connectivity index (χ0v) is 16.1. The molecule has 2 aromatic carbocycles. The fraction of sp³-hybridized carbons (Fsp3) is 0.364. The smallest absolute Gasteiger partial charge is 0.279 e. The van der Waals surface area contributed by atoms with Crippen molar-refractivity contribution >= 4 is 17.5 Å². The predicted molar refractivity (Wildman–Crippen MR) is 107 cm³/mol. The number of hydrogen-bond donors (Lipinski definition) is 2. The highest BCUT2D eigenvalue weighted by molar-refractivity contribution is 5.94. The highest BCUT2D eigenvalue weighted by Gasteiger charge is 2.26. The van der Waals surface area contributed by atoms with Crippen molar-refractivity contribution in [3.8, 4) is 0 Å². The van der Waals surface area contributed by atoms with E-state index in [4.69, 9.17) is 0 Å². The molecule has 0 aliphatic carbocycles. The SMILES string of the molecule is CCc1ccccc1NC(=O)C[NH+]1CCN(C(=O)c2cccc(C)c2)CC1. The first-order valence-electron chi connectivity index (χ1n) is 9.64. The number of piperazine rings is 1. The molecule has 0 atom stereocenters. The van der Waals surface area contributed by atoms with Crippen molar-refractivity contribution in [2.45, 2.75) is 20.3 Å². The molecule has 0 radical (unpaired) electrons. The molecular formula is C22H28N3O2+. The Morgan fingerprint density at radius 3 is 2.52 bits per heavy atom. The van der Waals surface area contributed by atoms with Crippen LogP contribution >= 0.6 is 0 Å². The van der Waals surface area contributed by atoms with Gasteiger partial charge in [-0.1, -0.05) is 42.8 Å². The molecule has 0 bridgehead atoms. The molecule has 1 saturated heterocycles. The fourth-order valence-electron chi connectivity index (χ4n) is 3.54. The third-order valence-corrected chi connectivity index (χ3v) is 5.11. The Morgan fingerprint density at radius 1 is 1.07 bits per heavy atom. The second-order valence-corrected chi connectivity index (χ2v) is 7.15. The number of para-hydroxylation sites is 1. The first-order chi connectivity index (χ1) is 13.1. The molecule has 0 spiro atoms. The molecule has 1 aliphatic rings. The number of hydrogen-bond acceptors (Lipinski definition) is 2. The monoisotopic (exact) mass is 366 g/mol. The molecule has 2 N–H and O–H groups in total. The van der Waals surface area contributed by atoms with Crippen molar-refractivity contribution in [2.24, 2.45) is 0 Å². The molecular weight excluding hydrogens is 338 g/mol. The van der Waals surface area contributed by atoms with E-state index in [1.807, 2.05) is 60.4 Å². The maximum Gasteiger partial charge on any atom is 0.279 e. The number of quaternary nitrogens is 1. The number of carbonyl (C=O) groups excluding carboxylic acids is 2. The Labute approximate surface area is 161 Å². The van der Waals surface area contributed by atoms with Crippen LogP contribution in [0, 0.1) is 6.92 Å². The number of nitrogens with zero attached hydrogens (tertiary/aromatic N) is 1. The van der Waals surface area contributed by atoms with E-state index in [0.29, 0.717) is 19.6 Å². The van der Waals surface area contributed by atoms with Crippen molar-refractivity contribution in [2.75, 3.05) is 38.0 Å². The number of aryl methyl sites for hydroxylation is 2. The van der Waals surface area contributed by atoms with E-state index >= 15 is 0 Å². The Morgan fingerprint density at radius 2 is 1.81 bits per heavy atom. The molecule has 1 aliphatic heterocycles. The Balaban J connectivity index is 1.50. The average molecular weight is 366 g/mol. The molecule has 0 unspecified atom stereocenters. The highest BCUT2D eigenvalue weighted by Crippen LogP contribution is 2.15. The summed E-state index contributed by atoms with van der Waals surface area (Å²) in [4.78, 5) is 28.1. The van der Waals surface area contributed by atoms with E-state index in [9.17, 15) is 9.59 Å². The maximum atomic E-state index is 12.6. The van der Waals surface area contributed by atoms with Gasteiger partial charge in [-0.2, -0.15) is 0 Å². The van der Waals surface area contributed by atoms with Crippen molar-refractivity contribution in [3.63, 3.8) is 0 Å². The van der Waals surface area contributed by atoms with Crippen LogP contribution in [0.3, 0.4) is 0 Å². The van der Waals surface area contributed by atoms with Crippen LogP contribution in [-0.2, 0) is 11.2 Å². The Kier molecular flexibility index (Phi) is 6.24. The number of anilines is 1. The van der Waals surface area contributed by atoms with Gasteiger partial charge < -0.3 is 15.1 Å². The lowest BCUT2D eigenvalue weighted by Gasteiger charge is -2.32. The van der Waals surface area contributed by atoms with Gasteiger partial charge in [-0.3, -0.25) is 9.59 Å². The summed E-state index contributed by atoms with van der Waals surface area (Å²) in [5.74, 6) is 0.114. The molecule has 2 aromatic rings. The van der Waals surface area contributed by atoms with Crippen LogP contribution < -0.4 is 10.2 Å². The first kappa shape index (κ1) is 19.1. The number of carbonyl (C=O) groups is 2. The fourth-order valence-corrected chi connectivity index (χ4v) is 3.54. The zero-order chi connectivity index (χ0) is 19.2. The average Bonchev–Trinajstić information content (AvgIpc) is 2.68. The van der Waals surface area contributed by atoms with Gasteiger partial charge in [0.2, 0.25) is 0 Å². The maximum absolute atomic E-state index is 12.6. The molecule has 27 heavy (non-hydrogen) atoms. The molecule has 142 valence electrons. The summed E-state index contributed by atoms with van der Waals surface area (Å²) in [5, 5.41) is 3.03. The largest absolute Gasteiger partial charge is 0.327 e. The minimum atomic E-state index is 0.0318. The summed E-state index contributed by atoms with van der Waals surface area (Å²) in [6, 6.07) is 15.6. The van der Waals surface area contributed by atoms with Crippen molar-refractivity contribution in [1.29, 1.82) is 0 Å². The van der Waals surface area contributed by atoms with Gasteiger partial charge in [0.15, 0.2) is 6.54 Å². The summed E-state index contributed by atoms with van der Waals surface area (Å²) >= 11 is 0. The predicted octanol–water partition coefficient (Wildman–Crippen LogP) is 1.54. The van der Waals surface area contributed by atoms with Crippen LogP contribution in [-0.4, -0.2) is 49.4 Å². The van der Waals surface area contributed by atoms with Crippen molar-refractivity contribution in [1.82, 2.24) is 4.90 Å². The first-order valence-corrected chi connectivity index (χ1v) is 9.64. The van der Waals surface area contributed by atoms with Crippen LogP contribution in [0.4, 0.5) is 5.69 Å². The summed E-state index contributed by atoms with van der Waals surface area (Å²) < 4.78 is 0. The lowest BCUT2D eigenvalue weighted by atomic mass is 10.1. The minimum absolute atomic E-state index is 0.0318. The third-order valence-electron chi connectivity index (χ3n) is 5.11. The van der Waals surface area contributed by atoms with Gasteiger partial charge in [-0.05, 0) is 37.1 Å². The van der Waals surface area contributed by atoms with Gasteiger partial charge in [0.25, 0.3) is 11.8 Å². The quantitative estimate of drug-likeness (QED) is 0.843. The van der Waals surface area contributed by atoms with E-state index in [1.54, 1.807) is 0 Å². The minimum Gasteiger partial charge on any atom is -0.327 e. The summed E-state index contributed by atoms with van der Waals surface area (Å²) in [7, 11) is 0. The standard InChI is InChI=1S/C22H27N3O2/c1-3-18-8-4-5-10-20(18)23-21(26)16-24-11-13-25(14-12-24)22(27)19-9-6-7-17(2)15-19/h4-10,15H,3,11-14,16H2,1-2H3,(H,23,26)/p+1. The summed E-state index contributed by atoms with van der Waals surface area (Å²) in [6.45, 7) is 7.46. The summed E-state index contributed by atoms with van der Waals surface area (Å²) in [5.41, 5.74) is 3.88. The van der Waals surface area contributed by atoms with Crippen molar-refractivity contribution in [3.05, 3.63) is 65.2 Å². The van der Waals surface area contributed by atoms with Crippen LogP contribution in [0.1, 0.15) is 28.4 Å². The number of nitrogens with one attached hydrogen (secondary N) is 2. The van der Waals surface area contributed by atoms with Crippen LogP contribution in [0.2, 0.25) is 0 Å². The van der Waals surface area contributed by atoms with E-state index in [2.05, 4.69) is 12.2 Å². The topological polar surface area (TPSA) is 53.9 Å². The zero-order valence-electron chi connectivity index (χ0n) is 16.1. The van der Waals surface area contributed by atoms with Crippen molar-refractivity contribution < 1.29 is 14.5 Å². The van der Waals surface area contributed by atoms with E-state index in [0.717, 1.165) is 41.9 Å². The highest BCUT2D eigenvalue weighted by atomic mass is 16.2. The van der Waals surface area contributed by atoms with Gasteiger partial charge in [0, 0.05) is 11.3 Å². The van der Waals surface area contributed by atoms with Crippen LogP contribution in [0.25, 0.3) is 0 Å². The van der Waals surface area contributed by atoms with Crippen LogP contribution in [0.15, 0.2) is 48.5 Å². The normalized spacial score (nSPS) is 14.8. The molecule has 1 fully saturated rings. The van der Waals surface area contributed by atoms with Gasteiger partial charge >= 0.3 is 0 Å². The second-order valence-electron chi connectivity index (χ2n) is 7.15. The van der Waals surface area contributed by atoms with Crippen LogP contribution in [0.5, 0.6) is 0 Å². The lowest BCUT2D eigenvalue weighted by Crippen LogP contribution is -3.15. The summed E-state index contributed by atoms with van der Waals surface area (Å²) in [6.07, 6.45) is 0.892. The Hall–Kier alpha value is -2.66. The lowest BCUT2D eigenvalue weighted by molar-refractivity contribution is -0.895. The Bertz CT molecular complexity index is 811. The molecule has 2 amide bonds. The molecule has 5 nitrogen and oxygen atoms in total.